The van der Waals surface area contributed by atoms with E-state index in [9.17, 15) is 44.7 Å². The molecule has 0 amide bonds. The van der Waals surface area contributed by atoms with Gasteiger partial charge < -0.3 is 0 Å². The van der Waals surface area contributed by atoms with Crippen LogP contribution in [0, 0.1) is 24.8 Å². The van der Waals surface area contributed by atoms with E-state index in [2.05, 4.69) is 40.9 Å². The molecule has 2 heterocycles. The largest absolute Gasteiger partial charge is 0.407 e. The topological polar surface area (TPSA) is 89.4 Å². The van der Waals surface area contributed by atoms with E-state index in [1.54, 1.807) is 13.8 Å². The van der Waals surface area contributed by atoms with Crippen LogP contribution in [0.2, 0.25) is 0 Å². The molecule has 17 heteroatoms. The van der Waals surface area contributed by atoms with Gasteiger partial charge in [-0.2, -0.15) is 36.5 Å². The molecule has 4 rings (SSSR count). The van der Waals surface area contributed by atoms with Gasteiger partial charge in [-0.25, -0.2) is 18.5 Å². The molecule has 0 aliphatic heterocycles. The highest BCUT2D eigenvalue weighted by Crippen LogP contribution is 2.38. The van der Waals surface area contributed by atoms with E-state index in [4.69, 9.17) is 13.1 Å². The van der Waals surface area contributed by atoms with Gasteiger partial charge in [-0.1, -0.05) is 52.3 Å². The fourth-order valence-electron chi connectivity index (χ4n) is 3.80. The first kappa shape index (κ1) is 40.3. The Morgan fingerprint density at radius 2 is 1.27 bits per heavy atom. The third-order valence-electron chi connectivity index (χ3n) is 6.64. The Balaban J connectivity index is 0.000000295. The second-order valence-corrected chi connectivity index (χ2v) is 13.2. The summed E-state index contributed by atoms with van der Waals surface area (Å²) in [7, 11) is 0. The normalized spacial score (nSPS) is 11.7. The Bertz CT molecular complexity index is 1850. The van der Waals surface area contributed by atoms with E-state index in [0.717, 1.165) is 47.5 Å². The molecule has 0 aliphatic carbocycles. The van der Waals surface area contributed by atoms with Gasteiger partial charge in [-0.15, -0.1) is 0 Å². The highest BCUT2D eigenvalue weighted by Gasteiger charge is 2.36. The maximum Gasteiger partial charge on any atom is 0.407 e. The molecule has 8 nitrogen and oxygen atoms in total. The van der Waals surface area contributed by atoms with Crippen LogP contribution in [0.4, 0.5) is 46.5 Å². The average Bonchev–Trinajstić information content (AvgIpc) is 3.67. The van der Waals surface area contributed by atoms with Crippen LogP contribution in [0.1, 0.15) is 49.9 Å². The van der Waals surface area contributed by atoms with Crippen molar-refractivity contribution in [1.29, 1.82) is 0 Å². The van der Waals surface area contributed by atoms with Gasteiger partial charge in [0.25, 0.3) is 0 Å². The molecule has 0 radical (unpaired) electrons. The summed E-state index contributed by atoms with van der Waals surface area (Å²) < 4.78 is 102. The Hall–Kier alpha value is -4.90. The number of H-pyrrole nitrogens is 1. The molecule has 0 saturated heterocycles. The molecular weight excluding hydrogens is 732 g/mol. The third kappa shape index (κ3) is 11.6. The van der Waals surface area contributed by atoms with Crippen molar-refractivity contribution in [3.05, 3.63) is 118 Å². The Morgan fingerprint density at radius 1 is 0.796 bits per heavy atom. The second-order valence-electron chi connectivity index (χ2n) is 11.2. The zero-order chi connectivity index (χ0) is 37.4. The van der Waals surface area contributed by atoms with E-state index in [0.29, 0.717) is 0 Å². The number of hydrogen-bond donors (Lipinski definition) is 1. The Kier molecular flexibility index (Phi) is 13.2. The highest BCUT2D eigenvalue weighted by molar-refractivity contribution is 9.10. The average molecular weight is 759 g/mol. The molecule has 0 saturated carbocycles. The van der Waals surface area contributed by atoms with Crippen LogP contribution < -0.4 is 0 Å². The number of alkyl halides is 7. The van der Waals surface area contributed by atoms with Crippen molar-refractivity contribution in [2.24, 2.45) is 0 Å². The van der Waals surface area contributed by atoms with Gasteiger partial charge in [0, 0.05) is 12.8 Å². The minimum Gasteiger partial charge on any atom is -0.298 e. The van der Waals surface area contributed by atoms with Crippen LogP contribution in [0.3, 0.4) is 0 Å². The molecule has 0 aliphatic rings. The predicted molar refractivity (Wildman–Crippen MR) is 166 cm³/mol. The second kappa shape index (κ2) is 16.0. The summed E-state index contributed by atoms with van der Waals surface area (Å²) in [6.07, 6.45) is -5.40. The van der Waals surface area contributed by atoms with Gasteiger partial charge in [0.05, 0.1) is 53.4 Å². The monoisotopic (exact) mass is 758 g/mol. The number of Topliss-reactive ketones (excluding diaryl/α,β-unsaturated/α-hetero) is 2. The number of hydrogen-bond acceptors (Lipinski definition) is 4. The van der Waals surface area contributed by atoms with Crippen LogP contribution in [0.25, 0.3) is 9.69 Å². The number of nitrogens with zero attached hydrogens (tertiary/aromatic N) is 5. The summed E-state index contributed by atoms with van der Waals surface area (Å²) in [5, 5.41) is 9.36. The standard InChI is InChI=1S/C16H13F4N3O.C13H11BrF3NO.C3H3FN2/c1-15(2,23-9-11(17)8-22-23)14(24)7-10-4-5-13(21-3)12(6-10)16(18,19)20;1-12(2,14)11(19)7-8-4-5-10(18-3)9(6-8)13(15,16)17;4-3-1-5-6-2-3/h4-6,8-9H,7H2,1-2H3;4-6H,7H2,1-2H3;1-2H,(H,5,6). The predicted octanol–water partition coefficient (Wildman–Crippen LogP) is 9.23. The lowest BCUT2D eigenvalue weighted by Gasteiger charge is -2.24. The molecule has 0 fully saturated rings. The molecule has 0 bridgehead atoms. The minimum atomic E-state index is -4.68. The van der Waals surface area contributed by atoms with E-state index in [1.807, 2.05) is 0 Å². The maximum absolute atomic E-state index is 13.1. The third-order valence-corrected chi connectivity index (χ3v) is 7.08. The number of ketones is 2. The summed E-state index contributed by atoms with van der Waals surface area (Å²) in [6.45, 7) is 19.8. The number of benzene rings is 2. The van der Waals surface area contributed by atoms with Crippen molar-refractivity contribution in [2.45, 2.75) is 62.8 Å². The summed E-state index contributed by atoms with van der Waals surface area (Å²) in [5.74, 6) is -1.60. The number of rotatable bonds is 7. The lowest BCUT2D eigenvalue weighted by atomic mass is 9.93. The molecule has 0 spiro atoms. The number of carbonyl (C=O) groups is 2. The highest BCUT2D eigenvalue weighted by atomic mass is 79.9. The van der Waals surface area contributed by atoms with Crippen molar-refractivity contribution < 1.29 is 44.7 Å². The van der Waals surface area contributed by atoms with Crippen LogP contribution >= 0.6 is 15.9 Å². The molecule has 260 valence electrons. The smallest absolute Gasteiger partial charge is 0.298 e. The first-order valence-electron chi connectivity index (χ1n) is 13.8. The summed E-state index contributed by atoms with van der Waals surface area (Å²) >= 11 is 3.17. The van der Waals surface area contributed by atoms with Crippen LogP contribution in [-0.4, -0.2) is 35.9 Å². The van der Waals surface area contributed by atoms with E-state index in [-0.39, 0.29) is 35.6 Å². The van der Waals surface area contributed by atoms with Gasteiger partial charge >= 0.3 is 12.4 Å². The summed E-state index contributed by atoms with van der Waals surface area (Å²) in [4.78, 5) is 29.9. The lowest BCUT2D eigenvalue weighted by molar-refractivity contribution is -0.137. The zero-order valence-electron chi connectivity index (χ0n) is 26.1. The molecule has 2 aromatic carbocycles. The summed E-state index contributed by atoms with van der Waals surface area (Å²) in [6, 6.07) is 6.48. The molecule has 4 aromatic rings. The maximum atomic E-state index is 13.1. The molecule has 1 N–H and O–H groups in total. The quantitative estimate of drug-likeness (QED) is 0.116. The van der Waals surface area contributed by atoms with Crippen molar-refractivity contribution in [2.75, 3.05) is 0 Å². The Labute approximate surface area is 283 Å². The molecule has 49 heavy (non-hydrogen) atoms. The summed E-state index contributed by atoms with van der Waals surface area (Å²) in [5.41, 5.74) is -3.90. The number of carbonyl (C=O) groups excluding carboxylic acids is 2. The number of aromatic amines is 1. The van der Waals surface area contributed by atoms with E-state index < -0.39 is 56.3 Å². The SMILES string of the molecule is Fc1cn[nH]c1.[C-]#[N+]c1ccc(CC(=O)C(C)(C)Br)cc1C(F)(F)F.[C-]#[N+]c1ccc(CC(=O)C(C)(C)n2cc(F)cn2)cc1C(F)(F)F. The van der Waals surface area contributed by atoms with Gasteiger partial charge in [0.1, 0.15) is 5.54 Å². The van der Waals surface area contributed by atoms with Gasteiger partial charge in [0.15, 0.2) is 34.6 Å². The van der Waals surface area contributed by atoms with Crippen LogP contribution in [0.15, 0.2) is 61.2 Å². The Morgan fingerprint density at radius 3 is 1.57 bits per heavy atom. The van der Waals surface area contributed by atoms with E-state index in [1.165, 1.54) is 32.2 Å². The first-order chi connectivity index (χ1) is 22.5. The van der Waals surface area contributed by atoms with Crippen molar-refractivity contribution in [3.8, 4) is 0 Å². The van der Waals surface area contributed by atoms with Crippen molar-refractivity contribution in [1.82, 2.24) is 20.0 Å². The lowest BCUT2D eigenvalue weighted by Crippen LogP contribution is -2.37. The fraction of sp³-hybridized carbons (Fsp3) is 0.312. The number of halogens is 9. The van der Waals surface area contributed by atoms with Gasteiger partial charge in [0.2, 0.25) is 0 Å². The van der Waals surface area contributed by atoms with Gasteiger partial charge in [-0.3, -0.25) is 19.4 Å². The van der Waals surface area contributed by atoms with Crippen LogP contribution in [0.5, 0.6) is 0 Å². The number of nitrogens with one attached hydrogen (secondary N) is 1. The number of aromatic nitrogens is 4. The molecule has 0 unspecified atom stereocenters. The van der Waals surface area contributed by atoms with Crippen molar-refractivity contribution in [3.63, 3.8) is 0 Å². The van der Waals surface area contributed by atoms with Gasteiger partial charge in [-0.05, 0) is 38.8 Å². The zero-order valence-corrected chi connectivity index (χ0v) is 27.7. The molecule has 0 atom stereocenters. The molecular formula is C32H27BrF8N6O2. The minimum absolute atomic E-state index is 0.111. The van der Waals surface area contributed by atoms with E-state index >= 15 is 0 Å². The fourth-order valence-corrected chi connectivity index (χ4v) is 3.94. The first-order valence-corrected chi connectivity index (χ1v) is 14.6. The molecule has 2 aromatic heterocycles. The van der Waals surface area contributed by atoms with Crippen molar-refractivity contribution >= 4 is 38.9 Å². The van der Waals surface area contributed by atoms with Crippen LogP contribution in [-0.2, 0) is 40.3 Å².